The standard InChI is InChI=1S/C11H23NO/c1-11(12,7-8-13-2)9-10-5-3-4-6-10/h10H,3-9,12H2,1-2H3. The molecule has 0 radical (unpaired) electrons. The van der Waals surface area contributed by atoms with Crippen LogP contribution in [0.2, 0.25) is 0 Å². The molecule has 0 aromatic heterocycles. The number of hydrogen-bond acceptors (Lipinski definition) is 2. The lowest BCUT2D eigenvalue weighted by molar-refractivity contribution is 0.163. The SMILES string of the molecule is COCCC(C)(N)CC1CCCC1. The van der Waals surface area contributed by atoms with Crippen LogP contribution >= 0.6 is 0 Å². The van der Waals surface area contributed by atoms with Crippen molar-refractivity contribution in [3.05, 3.63) is 0 Å². The maximum Gasteiger partial charge on any atom is 0.0479 e. The predicted octanol–water partition coefficient (Wildman–Crippen LogP) is 2.32. The molecular weight excluding hydrogens is 162 g/mol. The van der Waals surface area contributed by atoms with Gasteiger partial charge in [-0.15, -0.1) is 0 Å². The molecule has 0 aromatic rings. The highest BCUT2D eigenvalue weighted by molar-refractivity contribution is 4.83. The van der Waals surface area contributed by atoms with Gasteiger partial charge in [-0.3, -0.25) is 0 Å². The third-order valence-electron chi connectivity index (χ3n) is 3.11. The first-order valence-corrected chi connectivity index (χ1v) is 5.42. The second-order valence-corrected chi connectivity index (χ2v) is 4.75. The Morgan fingerprint density at radius 3 is 2.54 bits per heavy atom. The average Bonchev–Trinajstić information content (AvgIpc) is 2.52. The Labute approximate surface area is 81.8 Å². The van der Waals surface area contributed by atoms with Crippen molar-refractivity contribution < 1.29 is 4.74 Å². The van der Waals surface area contributed by atoms with Crippen LogP contribution in [0.15, 0.2) is 0 Å². The maximum absolute atomic E-state index is 6.20. The molecule has 1 rings (SSSR count). The third kappa shape index (κ3) is 4.10. The summed E-state index contributed by atoms with van der Waals surface area (Å²) < 4.78 is 5.06. The molecule has 1 unspecified atom stereocenters. The summed E-state index contributed by atoms with van der Waals surface area (Å²) in [6.45, 7) is 2.95. The van der Waals surface area contributed by atoms with Crippen molar-refractivity contribution in [2.24, 2.45) is 11.7 Å². The molecule has 0 saturated heterocycles. The van der Waals surface area contributed by atoms with Crippen LogP contribution in [0.4, 0.5) is 0 Å². The second-order valence-electron chi connectivity index (χ2n) is 4.75. The van der Waals surface area contributed by atoms with E-state index in [9.17, 15) is 0 Å². The highest BCUT2D eigenvalue weighted by atomic mass is 16.5. The summed E-state index contributed by atoms with van der Waals surface area (Å²) in [6, 6.07) is 0. The van der Waals surface area contributed by atoms with Crippen molar-refractivity contribution in [3.8, 4) is 0 Å². The van der Waals surface area contributed by atoms with Gasteiger partial charge in [-0.2, -0.15) is 0 Å². The first-order chi connectivity index (χ1) is 6.14. The molecule has 2 nitrogen and oxygen atoms in total. The molecule has 0 bridgehead atoms. The number of rotatable bonds is 5. The topological polar surface area (TPSA) is 35.2 Å². The lowest BCUT2D eigenvalue weighted by Gasteiger charge is -2.27. The van der Waals surface area contributed by atoms with Gasteiger partial charge in [0.2, 0.25) is 0 Å². The number of hydrogen-bond donors (Lipinski definition) is 1. The van der Waals surface area contributed by atoms with E-state index in [2.05, 4.69) is 6.92 Å². The molecule has 2 N–H and O–H groups in total. The lowest BCUT2D eigenvalue weighted by atomic mass is 9.86. The lowest BCUT2D eigenvalue weighted by Crippen LogP contribution is -2.39. The van der Waals surface area contributed by atoms with Crippen LogP contribution in [0.25, 0.3) is 0 Å². The largest absolute Gasteiger partial charge is 0.385 e. The summed E-state index contributed by atoms with van der Waals surface area (Å²) in [5.74, 6) is 0.881. The Kier molecular flexibility index (Phi) is 4.20. The van der Waals surface area contributed by atoms with Gasteiger partial charge >= 0.3 is 0 Å². The normalized spacial score (nSPS) is 23.3. The number of ether oxygens (including phenoxy) is 1. The van der Waals surface area contributed by atoms with E-state index in [1.54, 1.807) is 7.11 Å². The summed E-state index contributed by atoms with van der Waals surface area (Å²) >= 11 is 0. The molecule has 0 spiro atoms. The van der Waals surface area contributed by atoms with E-state index in [0.29, 0.717) is 0 Å². The van der Waals surface area contributed by atoms with Gasteiger partial charge < -0.3 is 10.5 Å². The van der Waals surface area contributed by atoms with Gasteiger partial charge in [-0.25, -0.2) is 0 Å². The number of nitrogens with two attached hydrogens (primary N) is 1. The molecule has 1 fully saturated rings. The van der Waals surface area contributed by atoms with Crippen molar-refractivity contribution in [1.82, 2.24) is 0 Å². The summed E-state index contributed by atoms with van der Waals surface area (Å²) in [4.78, 5) is 0. The Morgan fingerprint density at radius 2 is 2.00 bits per heavy atom. The van der Waals surface area contributed by atoms with Gasteiger partial charge in [-0.1, -0.05) is 25.7 Å². The first-order valence-electron chi connectivity index (χ1n) is 5.42. The Balaban J connectivity index is 2.23. The van der Waals surface area contributed by atoms with E-state index in [1.165, 1.54) is 32.1 Å². The first kappa shape index (κ1) is 11.0. The molecule has 0 aliphatic heterocycles. The van der Waals surface area contributed by atoms with E-state index in [4.69, 9.17) is 10.5 Å². The second kappa shape index (κ2) is 4.97. The van der Waals surface area contributed by atoms with Crippen LogP contribution in [0, 0.1) is 5.92 Å². The fourth-order valence-electron chi connectivity index (χ4n) is 2.31. The van der Waals surface area contributed by atoms with Crippen molar-refractivity contribution in [3.63, 3.8) is 0 Å². The Bertz CT molecular complexity index is 139. The molecule has 78 valence electrons. The number of methoxy groups -OCH3 is 1. The van der Waals surface area contributed by atoms with Crippen LogP contribution in [0.5, 0.6) is 0 Å². The summed E-state index contributed by atoms with van der Waals surface area (Å²) in [5.41, 5.74) is 6.19. The minimum Gasteiger partial charge on any atom is -0.385 e. The van der Waals surface area contributed by atoms with Gasteiger partial charge in [0.1, 0.15) is 0 Å². The van der Waals surface area contributed by atoms with E-state index in [1.807, 2.05) is 0 Å². The van der Waals surface area contributed by atoms with E-state index >= 15 is 0 Å². The zero-order valence-corrected chi connectivity index (χ0v) is 9.01. The van der Waals surface area contributed by atoms with Gasteiger partial charge in [0.25, 0.3) is 0 Å². The monoisotopic (exact) mass is 185 g/mol. The van der Waals surface area contributed by atoms with Gasteiger partial charge in [0, 0.05) is 19.3 Å². The zero-order valence-electron chi connectivity index (χ0n) is 9.01. The van der Waals surface area contributed by atoms with Crippen LogP contribution < -0.4 is 5.73 Å². The van der Waals surface area contributed by atoms with Crippen LogP contribution in [-0.4, -0.2) is 19.3 Å². The fourth-order valence-corrected chi connectivity index (χ4v) is 2.31. The molecule has 1 atom stereocenters. The molecule has 1 aliphatic rings. The highest BCUT2D eigenvalue weighted by Crippen LogP contribution is 2.31. The molecule has 2 heteroatoms. The molecule has 0 aromatic carbocycles. The average molecular weight is 185 g/mol. The molecule has 1 saturated carbocycles. The van der Waals surface area contributed by atoms with Crippen LogP contribution in [-0.2, 0) is 4.74 Å². The Hall–Kier alpha value is -0.0800. The zero-order chi connectivity index (χ0) is 9.73. The fraction of sp³-hybridized carbons (Fsp3) is 1.00. The molecule has 0 amide bonds. The smallest absolute Gasteiger partial charge is 0.0479 e. The summed E-state index contributed by atoms with van der Waals surface area (Å²) in [5, 5.41) is 0. The van der Waals surface area contributed by atoms with Crippen molar-refractivity contribution >= 4 is 0 Å². The third-order valence-corrected chi connectivity index (χ3v) is 3.11. The Morgan fingerprint density at radius 1 is 1.38 bits per heavy atom. The minimum absolute atomic E-state index is 0.00891. The minimum atomic E-state index is -0.00891. The van der Waals surface area contributed by atoms with Gasteiger partial charge in [0.15, 0.2) is 0 Å². The van der Waals surface area contributed by atoms with Gasteiger partial charge in [-0.05, 0) is 25.7 Å². The highest BCUT2D eigenvalue weighted by Gasteiger charge is 2.25. The summed E-state index contributed by atoms with van der Waals surface area (Å²) in [7, 11) is 1.74. The van der Waals surface area contributed by atoms with Crippen LogP contribution in [0.3, 0.4) is 0 Å². The van der Waals surface area contributed by atoms with Crippen LogP contribution in [0.1, 0.15) is 45.4 Å². The summed E-state index contributed by atoms with van der Waals surface area (Å²) in [6.07, 6.45) is 7.76. The van der Waals surface area contributed by atoms with Crippen molar-refractivity contribution in [2.75, 3.05) is 13.7 Å². The van der Waals surface area contributed by atoms with E-state index in [-0.39, 0.29) is 5.54 Å². The van der Waals surface area contributed by atoms with Crippen molar-refractivity contribution in [2.45, 2.75) is 51.0 Å². The van der Waals surface area contributed by atoms with E-state index in [0.717, 1.165) is 18.9 Å². The van der Waals surface area contributed by atoms with Gasteiger partial charge in [0.05, 0.1) is 0 Å². The molecule has 0 heterocycles. The van der Waals surface area contributed by atoms with E-state index < -0.39 is 0 Å². The molecule has 13 heavy (non-hydrogen) atoms. The molecule has 1 aliphatic carbocycles. The molecular formula is C11H23NO. The maximum atomic E-state index is 6.20. The quantitative estimate of drug-likeness (QED) is 0.713. The van der Waals surface area contributed by atoms with Crippen molar-refractivity contribution in [1.29, 1.82) is 0 Å². The predicted molar refractivity (Wildman–Crippen MR) is 55.7 cm³/mol.